The van der Waals surface area contributed by atoms with Crippen LogP contribution in [0, 0.1) is 0 Å². The summed E-state index contributed by atoms with van der Waals surface area (Å²) in [5.41, 5.74) is 5.14. The number of likely N-dealkylation sites (N-methyl/N-ethyl adjacent to an activating group) is 1. The number of carbonyl (C=O) groups is 1. The van der Waals surface area contributed by atoms with Crippen LogP contribution in [0.15, 0.2) is 48.5 Å². The third-order valence-electron chi connectivity index (χ3n) is 4.74. The summed E-state index contributed by atoms with van der Waals surface area (Å²) in [6.07, 6.45) is 4.90. The first-order valence-electron chi connectivity index (χ1n) is 9.51. The Morgan fingerprint density at radius 1 is 1.11 bits per heavy atom. The summed E-state index contributed by atoms with van der Waals surface area (Å²) in [5.74, 6) is -0.861. The lowest BCUT2D eigenvalue weighted by Crippen LogP contribution is -2.18. The van der Waals surface area contributed by atoms with E-state index in [1.165, 1.54) is 11.1 Å². The van der Waals surface area contributed by atoms with Crippen molar-refractivity contribution in [1.82, 2.24) is 4.90 Å². The summed E-state index contributed by atoms with van der Waals surface area (Å²) < 4.78 is 0. The van der Waals surface area contributed by atoms with E-state index in [1.54, 1.807) is 6.07 Å². The van der Waals surface area contributed by atoms with Gasteiger partial charge in [-0.2, -0.15) is 0 Å². The second kappa shape index (κ2) is 9.01. The van der Waals surface area contributed by atoms with E-state index in [4.69, 9.17) is 0 Å². The molecule has 2 aromatic carbocycles. The van der Waals surface area contributed by atoms with Gasteiger partial charge in [0.1, 0.15) is 0 Å². The Morgan fingerprint density at radius 3 is 2.33 bits per heavy atom. The normalized spacial score (nSPS) is 12.1. The minimum atomic E-state index is -0.861. The molecule has 0 bridgehead atoms. The smallest absolute Gasteiger partial charge is 0.335 e. The number of carboxylic acid groups (broad SMARTS) is 1. The molecule has 0 unspecified atom stereocenters. The van der Waals surface area contributed by atoms with Crippen molar-refractivity contribution in [3.8, 4) is 0 Å². The number of hydrogen-bond donors (Lipinski definition) is 1. The zero-order valence-corrected chi connectivity index (χ0v) is 17.1. The highest BCUT2D eigenvalue weighted by molar-refractivity contribution is 5.89. The monoisotopic (exact) mass is 365 g/mol. The molecule has 144 valence electrons. The SMILES string of the molecule is CCc1cc(C=CCN(C)Cc2ccc(C(C)(C)C)cc2)ccc1C(=O)O. The molecular weight excluding hydrogens is 334 g/mol. The Bertz CT molecular complexity index is 798. The van der Waals surface area contributed by atoms with E-state index in [-0.39, 0.29) is 5.41 Å². The lowest BCUT2D eigenvalue weighted by molar-refractivity contribution is 0.0695. The molecule has 0 aliphatic heterocycles. The standard InChI is InChI=1S/C24H31NO2/c1-6-20-16-18(11-14-22(20)23(26)27)8-7-15-25(5)17-19-9-12-21(13-10-19)24(2,3)4/h7-14,16H,6,15,17H2,1-5H3,(H,26,27). The predicted octanol–water partition coefficient (Wildman–Crippen LogP) is 5.39. The Hall–Kier alpha value is -2.39. The zero-order valence-electron chi connectivity index (χ0n) is 17.1. The van der Waals surface area contributed by atoms with Crippen LogP contribution in [-0.4, -0.2) is 29.6 Å². The van der Waals surface area contributed by atoms with Crippen molar-refractivity contribution in [2.24, 2.45) is 0 Å². The van der Waals surface area contributed by atoms with Crippen molar-refractivity contribution in [3.63, 3.8) is 0 Å². The van der Waals surface area contributed by atoms with Gasteiger partial charge in [-0.05, 0) is 47.2 Å². The van der Waals surface area contributed by atoms with Crippen LogP contribution in [0.4, 0.5) is 0 Å². The summed E-state index contributed by atoms with van der Waals surface area (Å²) in [7, 11) is 2.10. The summed E-state index contributed by atoms with van der Waals surface area (Å²) in [5, 5.41) is 9.21. The topological polar surface area (TPSA) is 40.5 Å². The van der Waals surface area contributed by atoms with Crippen molar-refractivity contribution in [2.45, 2.75) is 46.1 Å². The Kier molecular flexibility index (Phi) is 6.98. The molecule has 27 heavy (non-hydrogen) atoms. The number of benzene rings is 2. The highest BCUT2D eigenvalue weighted by Gasteiger charge is 2.13. The van der Waals surface area contributed by atoms with Gasteiger partial charge in [-0.3, -0.25) is 4.90 Å². The molecule has 0 aliphatic carbocycles. The molecule has 0 aromatic heterocycles. The van der Waals surface area contributed by atoms with Crippen molar-refractivity contribution in [2.75, 3.05) is 13.6 Å². The Labute approximate surface area is 163 Å². The minimum absolute atomic E-state index is 0.181. The molecule has 0 heterocycles. The summed E-state index contributed by atoms with van der Waals surface area (Å²) >= 11 is 0. The molecule has 0 saturated carbocycles. The molecule has 1 N–H and O–H groups in total. The summed E-state index contributed by atoms with van der Waals surface area (Å²) in [4.78, 5) is 13.5. The third kappa shape index (κ3) is 6.07. The minimum Gasteiger partial charge on any atom is -0.478 e. The molecule has 3 heteroatoms. The van der Waals surface area contributed by atoms with E-state index in [2.05, 4.69) is 69.1 Å². The Balaban J connectivity index is 1.95. The predicted molar refractivity (Wildman–Crippen MR) is 113 cm³/mol. The van der Waals surface area contributed by atoms with Gasteiger partial charge in [0.15, 0.2) is 0 Å². The maximum atomic E-state index is 11.2. The van der Waals surface area contributed by atoms with Gasteiger partial charge in [-0.15, -0.1) is 0 Å². The van der Waals surface area contributed by atoms with E-state index in [0.717, 1.165) is 24.2 Å². The van der Waals surface area contributed by atoms with Crippen molar-refractivity contribution < 1.29 is 9.90 Å². The van der Waals surface area contributed by atoms with Gasteiger partial charge in [0.2, 0.25) is 0 Å². The Morgan fingerprint density at radius 2 is 1.78 bits per heavy atom. The lowest BCUT2D eigenvalue weighted by Gasteiger charge is -2.20. The molecular formula is C24H31NO2. The van der Waals surface area contributed by atoms with Crippen LogP contribution in [0.2, 0.25) is 0 Å². The van der Waals surface area contributed by atoms with E-state index < -0.39 is 5.97 Å². The van der Waals surface area contributed by atoms with Crippen LogP contribution in [0.5, 0.6) is 0 Å². The number of rotatable bonds is 7. The van der Waals surface area contributed by atoms with Crippen LogP contribution in [0.3, 0.4) is 0 Å². The fourth-order valence-electron chi connectivity index (χ4n) is 3.07. The number of nitrogens with zero attached hydrogens (tertiary/aromatic N) is 1. The van der Waals surface area contributed by atoms with Gasteiger partial charge in [0.25, 0.3) is 0 Å². The first-order valence-corrected chi connectivity index (χ1v) is 9.51. The van der Waals surface area contributed by atoms with E-state index in [1.807, 2.05) is 19.1 Å². The van der Waals surface area contributed by atoms with Crippen molar-refractivity contribution in [1.29, 1.82) is 0 Å². The lowest BCUT2D eigenvalue weighted by atomic mass is 9.87. The fraction of sp³-hybridized carbons (Fsp3) is 0.375. The second-order valence-corrected chi connectivity index (χ2v) is 8.12. The van der Waals surface area contributed by atoms with Gasteiger partial charge >= 0.3 is 5.97 Å². The molecule has 2 aromatic rings. The van der Waals surface area contributed by atoms with Crippen molar-refractivity contribution >= 4 is 12.0 Å². The van der Waals surface area contributed by atoms with E-state index in [9.17, 15) is 9.90 Å². The molecule has 0 spiro atoms. The second-order valence-electron chi connectivity index (χ2n) is 8.12. The first kappa shape index (κ1) is 20.9. The van der Waals surface area contributed by atoms with Gasteiger partial charge in [0, 0.05) is 13.1 Å². The molecule has 0 saturated heterocycles. The molecule has 2 rings (SSSR count). The van der Waals surface area contributed by atoms with Crippen molar-refractivity contribution in [3.05, 3.63) is 76.4 Å². The molecule has 0 aliphatic rings. The molecule has 0 fully saturated rings. The molecule has 0 atom stereocenters. The fourth-order valence-corrected chi connectivity index (χ4v) is 3.07. The number of aryl methyl sites for hydroxylation is 1. The van der Waals surface area contributed by atoms with Gasteiger partial charge in [0.05, 0.1) is 5.56 Å². The van der Waals surface area contributed by atoms with Gasteiger partial charge in [-0.25, -0.2) is 4.79 Å². The van der Waals surface area contributed by atoms with Crippen LogP contribution >= 0.6 is 0 Å². The highest BCUT2D eigenvalue weighted by atomic mass is 16.4. The highest BCUT2D eigenvalue weighted by Crippen LogP contribution is 2.22. The van der Waals surface area contributed by atoms with Gasteiger partial charge in [-0.1, -0.05) is 76.2 Å². The average molecular weight is 366 g/mol. The van der Waals surface area contributed by atoms with Gasteiger partial charge < -0.3 is 5.11 Å². The maximum absolute atomic E-state index is 11.2. The molecule has 0 radical (unpaired) electrons. The van der Waals surface area contributed by atoms with E-state index >= 15 is 0 Å². The average Bonchev–Trinajstić information content (AvgIpc) is 2.61. The van der Waals surface area contributed by atoms with Crippen LogP contribution < -0.4 is 0 Å². The largest absolute Gasteiger partial charge is 0.478 e. The number of carboxylic acids is 1. The van der Waals surface area contributed by atoms with Crippen LogP contribution in [-0.2, 0) is 18.4 Å². The number of aromatic carboxylic acids is 1. The van der Waals surface area contributed by atoms with Crippen LogP contribution in [0.25, 0.3) is 6.08 Å². The molecule has 0 amide bonds. The summed E-state index contributed by atoms with van der Waals surface area (Å²) in [6, 6.07) is 14.4. The quantitative estimate of drug-likeness (QED) is 0.715. The van der Waals surface area contributed by atoms with Crippen LogP contribution in [0.1, 0.15) is 60.3 Å². The summed E-state index contributed by atoms with van der Waals surface area (Å²) in [6.45, 7) is 10.4. The maximum Gasteiger partial charge on any atom is 0.335 e. The zero-order chi connectivity index (χ0) is 20.0. The third-order valence-corrected chi connectivity index (χ3v) is 4.74. The van der Waals surface area contributed by atoms with E-state index in [0.29, 0.717) is 12.0 Å². The number of hydrogen-bond acceptors (Lipinski definition) is 2. The molecule has 3 nitrogen and oxygen atoms in total. The first-order chi connectivity index (χ1) is 12.7.